The third kappa shape index (κ3) is 3.27. The summed E-state index contributed by atoms with van der Waals surface area (Å²) >= 11 is 0. The van der Waals surface area contributed by atoms with E-state index < -0.39 is 0 Å². The summed E-state index contributed by atoms with van der Waals surface area (Å²) < 4.78 is 5.22. The fraction of sp³-hybridized carbons (Fsp3) is 0.400. The Hall–Kier alpha value is -1.99. The van der Waals surface area contributed by atoms with E-state index in [2.05, 4.69) is 24.1 Å². The van der Waals surface area contributed by atoms with Crippen LogP contribution >= 0.6 is 0 Å². The Balaban J connectivity index is 2.18. The second-order valence-electron chi connectivity index (χ2n) is 4.68. The number of anilines is 1. The maximum Gasteiger partial charge on any atom is 0.227 e. The fourth-order valence-electron chi connectivity index (χ4n) is 1.94. The molecule has 1 saturated carbocycles. The standard InChI is InChI=1S/C15H17NO3/c1-10-8-12(10)15(18)16-13-9-11(4-3-7-17)5-6-14(13)19-2/h5-6,9-10,12,17H,7-8H2,1-2H3,(H,16,18). The quantitative estimate of drug-likeness (QED) is 0.811. The summed E-state index contributed by atoms with van der Waals surface area (Å²) in [6, 6.07) is 5.30. The minimum atomic E-state index is -0.187. The number of amides is 1. The minimum Gasteiger partial charge on any atom is -0.495 e. The molecule has 1 fully saturated rings. The first-order chi connectivity index (χ1) is 9.15. The molecule has 0 aliphatic heterocycles. The van der Waals surface area contributed by atoms with E-state index in [1.54, 1.807) is 25.3 Å². The zero-order valence-electron chi connectivity index (χ0n) is 11.1. The van der Waals surface area contributed by atoms with Gasteiger partial charge < -0.3 is 15.2 Å². The van der Waals surface area contributed by atoms with Gasteiger partial charge >= 0.3 is 0 Å². The number of carbonyl (C=O) groups excluding carboxylic acids is 1. The van der Waals surface area contributed by atoms with E-state index in [0.29, 0.717) is 17.4 Å². The minimum absolute atomic E-state index is 0.0260. The molecule has 4 heteroatoms. The van der Waals surface area contributed by atoms with E-state index in [0.717, 1.165) is 12.0 Å². The average molecular weight is 259 g/mol. The lowest BCUT2D eigenvalue weighted by atomic mass is 10.2. The molecule has 1 amide bonds. The van der Waals surface area contributed by atoms with Gasteiger partial charge in [0.15, 0.2) is 0 Å². The van der Waals surface area contributed by atoms with Crippen LogP contribution in [0.4, 0.5) is 5.69 Å². The Bertz CT molecular complexity index is 542. The number of ether oxygens (including phenoxy) is 1. The first-order valence-electron chi connectivity index (χ1n) is 6.24. The second kappa shape index (κ2) is 5.77. The number of hydrogen-bond donors (Lipinski definition) is 2. The normalized spacial score (nSPS) is 20.2. The number of carbonyl (C=O) groups is 1. The van der Waals surface area contributed by atoms with E-state index in [1.807, 2.05) is 0 Å². The van der Waals surface area contributed by atoms with Crippen LogP contribution in [0, 0.1) is 23.7 Å². The summed E-state index contributed by atoms with van der Waals surface area (Å²) in [7, 11) is 1.56. The van der Waals surface area contributed by atoms with E-state index in [4.69, 9.17) is 9.84 Å². The maximum atomic E-state index is 11.9. The van der Waals surface area contributed by atoms with Gasteiger partial charge in [0.1, 0.15) is 12.4 Å². The monoisotopic (exact) mass is 259 g/mol. The Morgan fingerprint density at radius 2 is 2.32 bits per heavy atom. The summed E-state index contributed by atoms with van der Waals surface area (Å²) in [5, 5.41) is 11.6. The van der Waals surface area contributed by atoms with Gasteiger partial charge in [-0.3, -0.25) is 4.79 Å². The predicted molar refractivity (Wildman–Crippen MR) is 72.9 cm³/mol. The van der Waals surface area contributed by atoms with Crippen LogP contribution in [0.5, 0.6) is 5.75 Å². The molecule has 0 radical (unpaired) electrons. The van der Waals surface area contributed by atoms with Crippen LogP contribution < -0.4 is 10.1 Å². The van der Waals surface area contributed by atoms with Gasteiger partial charge in [0.25, 0.3) is 0 Å². The highest BCUT2D eigenvalue weighted by molar-refractivity contribution is 5.95. The number of rotatable bonds is 3. The highest BCUT2D eigenvalue weighted by atomic mass is 16.5. The van der Waals surface area contributed by atoms with Crippen molar-refractivity contribution in [3.05, 3.63) is 23.8 Å². The molecular weight excluding hydrogens is 242 g/mol. The highest BCUT2D eigenvalue weighted by Crippen LogP contribution is 2.39. The van der Waals surface area contributed by atoms with Crippen LogP contribution in [0.2, 0.25) is 0 Å². The molecule has 0 bridgehead atoms. The molecule has 2 N–H and O–H groups in total. The number of benzene rings is 1. The molecule has 1 aliphatic rings. The van der Waals surface area contributed by atoms with Crippen molar-refractivity contribution in [2.75, 3.05) is 19.0 Å². The van der Waals surface area contributed by atoms with Gasteiger partial charge in [-0.2, -0.15) is 0 Å². The number of nitrogens with one attached hydrogen (secondary N) is 1. The van der Waals surface area contributed by atoms with Crippen LogP contribution in [-0.2, 0) is 4.79 Å². The van der Waals surface area contributed by atoms with Crippen molar-refractivity contribution in [2.24, 2.45) is 11.8 Å². The molecule has 0 heterocycles. The van der Waals surface area contributed by atoms with Crippen molar-refractivity contribution in [3.8, 4) is 17.6 Å². The lowest BCUT2D eigenvalue weighted by molar-refractivity contribution is -0.117. The predicted octanol–water partition coefficient (Wildman–Crippen LogP) is 1.63. The topological polar surface area (TPSA) is 58.6 Å². The van der Waals surface area contributed by atoms with Gasteiger partial charge in [0.2, 0.25) is 5.91 Å². The molecule has 2 rings (SSSR count). The lowest BCUT2D eigenvalue weighted by Gasteiger charge is -2.10. The smallest absolute Gasteiger partial charge is 0.227 e. The largest absolute Gasteiger partial charge is 0.495 e. The third-order valence-electron chi connectivity index (χ3n) is 3.22. The third-order valence-corrected chi connectivity index (χ3v) is 3.22. The zero-order chi connectivity index (χ0) is 13.8. The molecule has 19 heavy (non-hydrogen) atoms. The molecule has 1 aliphatic carbocycles. The van der Waals surface area contributed by atoms with Gasteiger partial charge in [-0.05, 0) is 30.5 Å². The van der Waals surface area contributed by atoms with Gasteiger partial charge in [-0.1, -0.05) is 18.8 Å². The Labute approximate surface area is 112 Å². The summed E-state index contributed by atoms with van der Waals surface area (Å²) in [4.78, 5) is 11.9. The molecule has 0 aromatic heterocycles. The van der Waals surface area contributed by atoms with Crippen LogP contribution in [0.25, 0.3) is 0 Å². The molecule has 2 unspecified atom stereocenters. The first kappa shape index (κ1) is 13.4. The van der Waals surface area contributed by atoms with Gasteiger partial charge in [0.05, 0.1) is 12.8 Å². The molecular formula is C15H17NO3. The summed E-state index contributed by atoms with van der Waals surface area (Å²) in [5.41, 5.74) is 1.35. The van der Waals surface area contributed by atoms with E-state index in [-0.39, 0.29) is 18.4 Å². The number of aliphatic hydroxyl groups is 1. The Kier molecular flexibility index (Phi) is 4.08. The van der Waals surface area contributed by atoms with Gasteiger partial charge in [-0.15, -0.1) is 0 Å². The lowest BCUT2D eigenvalue weighted by Crippen LogP contribution is -2.15. The zero-order valence-corrected chi connectivity index (χ0v) is 11.1. The molecule has 0 saturated heterocycles. The summed E-state index contributed by atoms with van der Waals surface area (Å²) in [6.45, 7) is 1.87. The van der Waals surface area contributed by atoms with Crippen molar-refractivity contribution in [1.82, 2.24) is 0 Å². The highest BCUT2D eigenvalue weighted by Gasteiger charge is 2.39. The Morgan fingerprint density at radius 3 is 2.89 bits per heavy atom. The van der Waals surface area contributed by atoms with E-state index >= 15 is 0 Å². The first-order valence-corrected chi connectivity index (χ1v) is 6.24. The molecule has 4 nitrogen and oxygen atoms in total. The van der Waals surface area contributed by atoms with Crippen molar-refractivity contribution < 1.29 is 14.6 Å². The SMILES string of the molecule is COc1ccc(C#CCO)cc1NC(=O)C1CC1C. The Morgan fingerprint density at radius 1 is 1.58 bits per heavy atom. The molecule has 1 aromatic carbocycles. The molecule has 0 spiro atoms. The van der Waals surface area contributed by atoms with Crippen LogP contribution in [0.15, 0.2) is 18.2 Å². The number of methoxy groups -OCH3 is 1. The fourth-order valence-corrected chi connectivity index (χ4v) is 1.94. The number of aliphatic hydroxyl groups excluding tert-OH is 1. The summed E-state index contributed by atoms with van der Waals surface area (Å²) in [6.07, 6.45) is 0.943. The molecule has 100 valence electrons. The van der Waals surface area contributed by atoms with Crippen LogP contribution in [0.3, 0.4) is 0 Å². The van der Waals surface area contributed by atoms with Crippen molar-refractivity contribution in [1.29, 1.82) is 0 Å². The number of hydrogen-bond acceptors (Lipinski definition) is 3. The average Bonchev–Trinajstić information content (AvgIpc) is 3.14. The van der Waals surface area contributed by atoms with Crippen LogP contribution in [-0.4, -0.2) is 24.7 Å². The molecule has 1 aromatic rings. The van der Waals surface area contributed by atoms with Crippen molar-refractivity contribution >= 4 is 11.6 Å². The summed E-state index contributed by atoms with van der Waals surface area (Å²) in [5.74, 6) is 6.59. The van der Waals surface area contributed by atoms with Crippen molar-refractivity contribution in [2.45, 2.75) is 13.3 Å². The van der Waals surface area contributed by atoms with Gasteiger partial charge in [-0.25, -0.2) is 0 Å². The van der Waals surface area contributed by atoms with Crippen molar-refractivity contribution in [3.63, 3.8) is 0 Å². The van der Waals surface area contributed by atoms with E-state index in [9.17, 15) is 4.79 Å². The van der Waals surface area contributed by atoms with Gasteiger partial charge in [0, 0.05) is 11.5 Å². The van der Waals surface area contributed by atoms with Crippen LogP contribution in [0.1, 0.15) is 18.9 Å². The second-order valence-corrected chi connectivity index (χ2v) is 4.68. The maximum absolute atomic E-state index is 11.9. The molecule has 2 atom stereocenters. The van der Waals surface area contributed by atoms with E-state index in [1.165, 1.54) is 0 Å².